The number of nitrogens with two attached hydrogens (primary N) is 1. The van der Waals surface area contributed by atoms with Crippen LogP contribution in [0.5, 0.6) is 0 Å². The zero-order valence-corrected chi connectivity index (χ0v) is 15.5. The summed E-state index contributed by atoms with van der Waals surface area (Å²) in [6.45, 7) is 6.15. The lowest BCUT2D eigenvalue weighted by molar-refractivity contribution is -0.911. The molecule has 0 unspecified atom stereocenters. The van der Waals surface area contributed by atoms with Crippen molar-refractivity contribution < 1.29 is 14.6 Å². The van der Waals surface area contributed by atoms with E-state index in [9.17, 15) is 0 Å². The Hall–Kier alpha value is -2.37. The second-order valence-corrected chi connectivity index (χ2v) is 6.77. The zero-order valence-electron chi connectivity index (χ0n) is 15.5. The number of nitrogens with one attached hydrogen (secondary N) is 1. The van der Waals surface area contributed by atoms with Crippen molar-refractivity contribution in [1.29, 1.82) is 0 Å². The molecule has 0 aliphatic heterocycles. The second-order valence-electron chi connectivity index (χ2n) is 6.77. The van der Waals surface area contributed by atoms with Gasteiger partial charge in [-0.1, -0.05) is 18.2 Å². The molecular weight excluding hydrogens is 312 g/mol. The van der Waals surface area contributed by atoms with E-state index in [2.05, 4.69) is 51.5 Å². The molecule has 2 heterocycles. The van der Waals surface area contributed by atoms with Gasteiger partial charge in [0.15, 0.2) is 11.8 Å². The van der Waals surface area contributed by atoms with Gasteiger partial charge in [0.2, 0.25) is 0 Å². The van der Waals surface area contributed by atoms with E-state index >= 15 is 0 Å². The van der Waals surface area contributed by atoms with Gasteiger partial charge >= 0.3 is 0 Å². The summed E-state index contributed by atoms with van der Waals surface area (Å²) in [6, 6.07) is 14.7. The highest BCUT2D eigenvalue weighted by Gasteiger charge is 2.23. The summed E-state index contributed by atoms with van der Waals surface area (Å²) in [5.74, 6) is 1.05. The molecule has 0 saturated carbocycles. The van der Waals surface area contributed by atoms with E-state index in [1.165, 1.54) is 16.2 Å². The van der Waals surface area contributed by atoms with Gasteiger partial charge in [-0.3, -0.25) is 0 Å². The van der Waals surface area contributed by atoms with Crippen molar-refractivity contribution in [3.8, 4) is 5.69 Å². The molecular formula is C20H28N4O+2. The number of furan rings is 1. The van der Waals surface area contributed by atoms with E-state index in [0.29, 0.717) is 6.04 Å². The summed E-state index contributed by atoms with van der Waals surface area (Å²) in [7, 11) is 4.34. The van der Waals surface area contributed by atoms with Gasteiger partial charge in [0.1, 0.15) is 13.1 Å². The van der Waals surface area contributed by atoms with Crippen molar-refractivity contribution in [1.82, 2.24) is 9.78 Å². The van der Waals surface area contributed by atoms with E-state index < -0.39 is 0 Å². The fraction of sp³-hybridized carbons (Fsp3) is 0.350. The highest BCUT2D eigenvalue weighted by molar-refractivity contribution is 5.36. The lowest BCUT2D eigenvalue weighted by Gasteiger charge is -2.17. The number of likely N-dealkylation sites (N-methyl/N-ethyl adjacent to an activating group) is 1. The van der Waals surface area contributed by atoms with E-state index in [4.69, 9.17) is 9.52 Å². The van der Waals surface area contributed by atoms with Crippen LogP contribution in [0.3, 0.4) is 0 Å². The first-order valence-electron chi connectivity index (χ1n) is 8.83. The molecule has 0 radical (unpaired) electrons. The number of aromatic nitrogens is 2. The lowest BCUT2D eigenvalue weighted by Crippen LogP contribution is -3.09. The Bertz CT molecular complexity index is 791. The van der Waals surface area contributed by atoms with E-state index in [0.717, 1.165) is 30.2 Å². The molecule has 0 saturated heterocycles. The summed E-state index contributed by atoms with van der Waals surface area (Å²) in [4.78, 5) is 1.37. The summed E-state index contributed by atoms with van der Waals surface area (Å²) < 4.78 is 7.65. The van der Waals surface area contributed by atoms with Crippen molar-refractivity contribution >= 4 is 0 Å². The van der Waals surface area contributed by atoms with Gasteiger partial charge in [0.25, 0.3) is 0 Å². The molecule has 2 aromatic heterocycles. The first-order valence-corrected chi connectivity index (χ1v) is 8.83. The van der Waals surface area contributed by atoms with Gasteiger partial charge in [-0.2, -0.15) is 5.10 Å². The fourth-order valence-electron chi connectivity index (χ4n) is 3.31. The number of hydrogen-bond donors (Lipinski definition) is 2. The average molecular weight is 340 g/mol. The molecule has 0 amide bonds. The van der Waals surface area contributed by atoms with E-state index in [1.54, 1.807) is 6.26 Å². The van der Waals surface area contributed by atoms with Gasteiger partial charge in [-0.25, -0.2) is 4.68 Å². The largest absolute Gasteiger partial charge is 0.463 e. The third-order valence-electron chi connectivity index (χ3n) is 4.78. The maximum absolute atomic E-state index is 5.61. The quantitative estimate of drug-likeness (QED) is 0.675. The molecule has 5 nitrogen and oxygen atoms in total. The molecule has 0 aliphatic rings. The Morgan fingerprint density at radius 3 is 2.52 bits per heavy atom. The Morgan fingerprint density at radius 2 is 1.88 bits per heavy atom. The third-order valence-corrected chi connectivity index (χ3v) is 4.78. The Kier molecular flexibility index (Phi) is 5.36. The summed E-state index contributed by atoms with van der Waals surface area (Å²) in [5, 5.41) is 7.09. The maximum atomic E-state index is 5.61. The molecule has 3 aromatic rings. The van der Waals surface area contributed by atoms with Crippen molar-refractivity contribution in [2.45, 2.75) is 26.4 Å². The molecule has 3 rings (SSSR count). The second kappa shape index (κ2) is 7.68. The van der Waals surface area contributed by atoms with Gasteiger partial charge < -0.3 is 14.6 Å². The van der Waals surface area contributed by atoms with E-state index in [1.807, 2.05) is 28.9 Å². The normalized spacial score (nSPS) is 12.7. The van der Waals surface area contributed by atoms with Crippen LogP contribution in [-0.2, 0) is 6.54 Å². The van der Waals surface area contributed by atoms with Crippen molar-refractivity contribution in [3.63, 3.8) is 0 Å². The number of benzene rings is 1. The Morgan fingerprint density at radius 1 is 1.12 bits per heavy atom. The van der Waals surface area contributed by atoms with Crippen LogP contribution < -0.4 is 10.2 Å². The lowest BCUT2D eigenvalue weighted by atomic mass is 10.1. The molecule has 132 valence electrons. The molecule has 3 N–H and O–H groups in total. The van der Waals surface area contributed by atoms with E-state index in [-0.39, 0.29) is 0 Å². The first kappa shape index (κ1) is 17.5. The van der Waals surface area contributed by atoms with Crippen LogP contribution in [-0.4, -0.2) is 30.4 Å². The minimum absolute atomic E-state index is 0.347. The zero-order chi connectivity index (χ0) is 17.8. The molecule has 0 spiro atoms. The predicted molar refractivity (Wildman–Crippen MR) is 97.8 cm³/mol. The number of hydrogen-bond acceptors (Lipinski definition) is 2. The number of aryl methyl sites for hydroxylation is 1. The third kappa shape index (κ3) is 3.83. The molecule has 1 aromatic carbocycles. The Balaban J connectivity index is 1.70. The van der Waals surface area contributed by atoms with Crippen molar-refractivity contribution in [3.05, 3.63) is 71.4 Å². The molecule has 25 heavy (non-hydrogen) atoms. The van der Waals surface area contributed by atoms with Crippen molar-refractivity contribution in [2.24, 2.45) is 0 Å². The molecule has 0 bridgehead atoms. The molecule has 1 atom stereocenters. The SMILES string of the molecule is Cc1nn(-c2ccccc2)c(C)c1C[NH2+]C[C@@H](c1ccco1)[NH+](C)C. The fourth-order valence-corrected chi connectivity index (χ4v) is 3.31. The van der Waals surface area contributed by atoms with Crippen LogP contribution in [0, 0.1) is 13.8 Å². The first-order chi connectivity index (χ1) is 12.1. The summed E-state index contributed by atoms with van der Waals surface area (Å²) >= 11 is 0. The van der Waals surface area contributed by atoms with Gasteiger partial charge in [-0.15, -0.1) is 0 Å². The van der Waals surface area contributed by atoms with Crippen LogP contribution in [0.2, 0.25) is 0 Å². The predicted octanol–water partition coefficient (Wildman–Crippen LogP) is 1.03. The van der Waals surface area contributed by atoms with Crippen LogP contribution >= 0.6 is 0 Å². The highest BCUT2D eigenvalue weighted by atomic mass is 16.3. The molecule has 5 heteroatoms. The average Bonchev–Trinajstić information content (AvgIpc) is 3.22. The van der Waals surface area contributed by atoms with Crippen LogP contribution in [0.1, 0.15) is 28.8 Å². The summed E-state index contributed by atoms with van der Waals surface area (Å²) in [5.41, 5.74) is 4.74. The smallest absolute Gasteiger partial charge is 0.195 e. The molecule has 0 fully saturated rings. The minimum atomic E-state index is 0.347. The summed E-state index contributed by atoms with van der Waals surface area (Å²) in [6.07, 6.45) is 1.75. The number of nitrogens with zero attached hydrogens (tertiary/aromatic N) is 2. The van der Waals surface area contributed by atoms with Gasteiger partial charge in [0.05, 0.1) is 43.0 Å². The standard InChI is InChI=1S/C20H26N4O/c1-15-18(16(2)24(22-15)17-9-6-5-7-10-17)13-21-14-19(23(3)4)20-11-8-12-25-20/h5-12,19,21H,13-14H2,1-4H3/p+2/t19-/m0/s1. The highest BCUT2D eigenvalue weighted by Crippen LogP contribution is 2.17. The number of quaternary nitrogens is 2. The number of rotatable bonds is 7. The van der Waals surface area contributed by atoms with Crippen LogP contribution in [0.15, 0.2) is 53.1 Å². The molecule has 0 aliphatic carbocycles. The topological polar surface area (TPSA) is 52.0 Å². The van der Waals surface area contributed by atoms with Crippen LogP contribution in [0.25, 0.3) is 5.69 Å². The minimum Gasteiger partial charge on any atom is -0.463 e. The maximum Gasteiger partial charge on any atom is 0.195 e. The van der Waals surface area contributed by atoms with Crippen molar-refractivity contribution in [2.75, 3.05) is 20.6 Å². The van der Waals surface area contributed by atoms with Crippen LogP contribution in [0.4, 0.5) is 0 Å². The number of para-hydroxylation sites is 1. The Labute approximate surface area is 149 Å². The van der Waals surface area contributed by atoms with Gasteiger partial charge in [0, 0.05) is 0 Å². The van der Waals surface area contributed by atoms with Gasteiger partial charge in [-0.05, 0) is 38.1 Å². The monoisotopic (exact) mass is 340 g/mol.